The van der Waals surface area contributed by atoms with Gasteiger partial charge in [-0.3, -0.25) is 0 Å². The van der Waals surface area contributed by atoms with Crippen molar-refractivity contribution in [3.8, 4) is 0 Å². The van der Waals surface area contributed by atoms with Crippen LogP contribution in [0.4, 0.5) is 4.39 Å². The average molecular weight is 215 g/mol. The summed E-state index contributed by atoms with van der Waals surface area (Å²) in [5.74, 6) is 0.565. The van der Waals surface area contributed by atoms with Crippen LogP contribution in [0.3, 0.4) is 0 Å². The van der Waals surface area contributed by atoms with Crippen molar-refractivity contribution >= 4 is 11.8 Å². The van der Waals surface area contributed by atoms with E-state index >= 15 is 0 Å². The molecule has 0 radical (unpaired) electrons. The van der Waals surface area contributed by atoms with Crippen molar-refractivity contribution in [2.45, 2.75) is 10.9 Å². The van der Waals surface area contributed by atoms with Crippen LogP contribution in [0.2, 0.25) is 0 Å². The first-order valence-corrected chi connectivity index (χ1v) is 5.34. The Morgan fingerprint density at radius 3 is 2.64 bits per heavy atom. The zero-order valence-corrected chi connectivity index (χ0v) is 8.89. The van der Waals surface area contributed by atoms with Gasteiger partial charge in [0.2, 0.25) is 0 Å². The summed E-state index contributed by atoms with van der Waals surface area (Å²) in [7, 11) is 1.63. The lowest BCUT2D eigenvalue weighted by Crippen LogP contribution is -2.27. The van der Waals surface area contributed by atoms with Crippen LogP contribution in [0.15, 0.2) is 29.2 Å². The number of rotatable bonds is 5. The lowest BCUT2D eigenvalue weighted by molar-refractivity contribution is 0.186. The third-order valence-corrected chi connectivity index (χ3v) is 2.86. The first kappa shape index (κ1) is 11.5. The topological polar surface area (TPSA) is 35.2 Å². The van der Waals surface area contributed by atoms with E-state index in [-0.39, 0.29) is 11.9 Å². The number of methoxy groups -OCH3 is 1. The molecule has 0 aliphatic heterocycles. The van der Waals surface area contributed by atoms with Gasteiger partial charge in [0.05, 0.1) is 6.61 Å². The van der Waals surface area contributed by atoms with E-state index in [4.69, 9.17) is 10.5 Å². The van der Waals surface area contributed by atoms with Crippen molar-refractivity contribution in [3.63, 3.8) is 0 Å². The Hall–Kier alpha value is -0.580. The van der Waals surface area contributed by atoms with E-state index in [1.54, 1.807) is 31.0 Å². The highest BCUT2D eigenvalue weighted by molar-refractivity contribution is 7.99. The second-order valence-corrected chi connectivity index (χ2v) is 4.07. The first-order chi connectivity index (χ1) is 6.72. The van der Waals surface area contributed by atoms with Crippen LogP contribution in [-0.2, 0) is 4.74 Å². The second kappa shape index (κ2) is 6.01. The van der Waals surface area contributed by atoms with Crippen LogP contribution in [0.5, 0.6) is 0 Å². The summed E-state index contributed by atoms with van der Waals surface area (Å²) in [6, 6.07) is 6.42. The minimum absolute atomic E-state index is 0.0232. The number of benzene rings is 1. The highest BCUT2D eigenvalue weighted by Crippen LogP contribution is 2.18. The highest BCUT2D eigenvalue weighted by atomic mass is 32.2. The molecule has 4 heteroatoms. The molecule has 14 heavy (non-hydrogen) atoms. The van der Waals surface area contributed by atoms with E-state index in [1.165, 1.54) is 12.1 Å². The van der Waals surface area contributed by atoms with E-state index in [2.05, 4.69) is 0 Å². The Morgan fingerprint density at radius 1 is 1.43 bits per heavy atom. The number of halogens is 1. The summed E-state index contributed by atoms with van der Waals surface area (Å²) >= 11 is 1.61. The SMILES string of the molecule is COCC(N)CSc1ccc(F)cc1. The molecule has 0 spiro atoms. The molecule has 0 aromatic heterocycles. The van der Waals surface area contributed by atoms with Gasteiger partial charge in [-0.2, -0.15) is 0 Å². The van der Waals surface area contributed by atoms with Gasteiger partial charge >= 0.3 is 0 Å². The van der Waals surface area contributed by atoms with Gasteiger partial charge in [-0.25, -0.2) is 4.39 Å². The van der Waals surface area contributed by atoms with Gasteiger partial charge in [0.1, 0.15) is 5.82 Å². The van der Waals surface area contributed by atoms with Crippen LogP contribution in [0, 0.1) is 5.82 Å². The smallest absolute Gasteiger partial charge is 0.123 e. The largest absolute Gasteiger partial charge is 0.383 e. The number of hydrogen-bond donors (Lipinski definition) is 1. The lowest BCUT2D eigenvalue weighted by Gasteiger charge is -2.09. The second-order valence-electron chi connectivity index (χ2n) is 2.98. The third-order valence-electron chi connectivity index (χ3n) is 1.66. The monoisotopic (exact) mass is 215 g/mol. The van der Waals surface area contributed by atoms with E-state index in [0.717, 1.165) is 10.6 Å². The first-order valence-electron chi connectivity index (χ1n) is 4.35. The number of ether oxygens (including phenoxy) is 1. The summed E-state index contributed by atoms with van der Waals surface area (Å²) < 4.78 is 17.5. The Bertz CT molecular complexity index is 265. The van der Waals surface area contributed by atoms with Crippen molar-refractivity contribution < 1.29 is 9.13 Å². The van der Waals surface area contributed by atoms with E-state index in [9.17, 15) is 4.39 Å². The molecule has 1 rings (SSSR count). The van der Waals surface area contributed by atoms with Crippen molar-refractivity contribution in [3.05, 3.63) is 30.1 Å². The minimum atomic E-state index is -0.212. The van der Waals surface area contributed by atoms with E-state index in [0.29, 0.717) is 6.61 Å². The third kappa shape index (κ3) is 4.09. The molecule has 1 aromatic rings. The van der Waals surface area contributed by atoms with Crippen molar-refractivity contribution in [1.29, 1.82) is 0 Å². The molecule has 1 atom stereocenters. The van der Waals surface area contributed by atoms with Gasteiger partial charge in [0.25, 0.3) is 0 Å². The molecule has 78 valence electrons. The van der Waals surface area contributed by atoms with Crippen LogP contribution >= 0.6 is 11.8 Å². The van der Waals surface area contributed by atoms with Gasteiger partial charge in [0, 0.05) is 23.8 Å². The number of nitrogens with two attached hydrogens (primary N) is 1. The Kier molecular flexibility index (Phi) is 4.93. The quantitative estimate of drug-likeness (QED) is 0.762. The summed E-state index contributed by atoms with van der Waals surface area (Å²) in [6.07, 6.45) is 0. The fraction of sp³-hybridized carbons (Fsp3) is 0.400. The fourth-order valence-corrected chi connectivity index (χ4v) is 1.83. The summed E-state index contributed by atoms with van der Waals surface area (Å²) in [5.41, 5.74) is 5.74. The maximum absolute atomic E-state index is 12.6. The molecule has 0 saturated carbocycles. The van der Waals surface area contributed by atoms with Gasteiger partial charge in [-0.05, 0) is 24.3 Å². The predicted molar refractivity (Wildman–Crippen MR) is 57.0 cm³/mol. The predicted octanol–water partition coefficient (Wildman–Crippen LogP) is 1.89. The summed E-state index contributed by atoms with van der Waals surface area (Å²) in [4.78, 5) is 1.03. The molecule has 2 nitrogen and oxygen atoms in total. The molecule has 0 bridgehead atoms. The van der Waals surface area contributed by atoms with Crippen molar-refractivity contribution in [2.24, 2.45) is 5.73 Å². The molecule has 1 unspecified atom stereocenters. The number of hydrogen-bond acceptors (Lipinski definition) is 3. The van der Waals surface area contributed by atoms with Gasteiger partial charge in [-0.15, -0.1) is 11.8 Å². The van der Waals surface area contributed by atoms with Crippen LogP contribution in [-0.4, -0.2) is 25.5 Å². The van der Waals surface area contributed by atoms with Crippen molar-refractivity contribution in [2.75, 3.05) is 19.5 Å². The van der Waals surface area contributed by atoms with Crippen LogP contribution < -0.4 is 5.73 Å². The Labute approximate surface area is 87.6 Å². The summed E-state index contributed by atoms with van der Waals surface area (Å²) in [6.45, 7) is 0.550. The molecule has 0 saturated heterocycles. The standard InChI is InChI=1S/C10H14FNOS/c1-13-6-9(12)7-14-10-4-2-8(11)3-5-10/h2-5,9H,6-7,12H2,1H3. The zero-order valence-electron chi connectivity index (χ0n) is 8.07. The fourth-order valence-electron chi connectivity index (χ4n) is 0.996. The molecule has 1 aromatic carbocycles. The average Bonchev–Trinajstić information content (AvgIpc) is 2.17. The molecular weight excluding hydrogens is 201 g/mol. The van der Waals surface area contributed by atoms with Crippen molar-refractivity contribution in [1.82, 2.24) is 0 Å². The molecular formula is C10H14FNOS. The molecule has 2 N–H and O–H groups in total. The number of thioether (sulfide) groups is 1. The molecule has 0 amide bonds. The van der Waals surface area contributed by atoms with E-state index < -0.39 is 0 Å². The molecule has 0 aliphatic rings. The van der Waals surface area contributed by atoms with Gasteiger partial charge in [0.15, 0.2) is 0 Å². The maximum Gasteiger partial charge on any atom is 0.123 e. The summed E-state index contributed by atoms with van der Waals surface area (Å²) in [5, 5.41) is 0. The normalized spacial score (nSPS) is 12.8. The molecule has 0 aliphatic carbocycles. The van der Waals surface area contributed by atoms with Gasteiger partial charge in [-0.1, -0.05) is 0 Å². The highest BCUT2D eigenvalue weighted by Gasteiger charge is 2.02. The molecule has 0 heterocycles. The van der Waals surface area contributed by atoms with Crippen LogP contribution in [0.1, 0.15) is 0 Å². The van der Waals surface area contributed by atoms with Gasteiger partial charge < -0.3 is 10.5 Å². The lowest BCUT2D eigenvalue weighted by atomic mass is 10.3. The Morgan fingerprint density at radius 2 is 2.07 bits per heavy atom. The maximum atomic E-state index is 12.6. The molecule has 0 fully saturated rings. The van der Waals surface area contributed by atoms with E-state index in [1.807, 2.05) is 0 Å². The zero-order chi connectivity index (χ0) is 10.4. The minimum Gasteiger partial charge on any atom is -0.383 e. The van der Waals surface area contributed by atoms with Crippen LogP contribution in [0.25, 0.3) is 0 Å². The Balaban J connectivity index is 2.34.